The average Bonchev–Trinajstić information content (AvgIpc) is 2.84. The lowest BCUT2D eigenvalue weighted by Crippen LogP contribution is -2.16. The van der Waals surface area contributed by atoms with Crippen molar-refractivity contribution in [1.29, 1.82) is 0 Å². The molecule has 7 heteroatoms. The monoisotopic (exact) mass is 397 g/mol. The maximum absolute atomic E-state index is 4.88. The molecule has 0 aliphatic heterocycles. The summed E-state index contributed by atoms with van der Waals surface area (Å²) in [6.07, 6.45) is 2.12. The molecule has 144 valence electrons. The van der Waals surface area contributed by atoms with Crippen LogP contribution in [0.4, 0.5) is 5.69 Å². The Morgan fingerprint density at radius 1 is 1.19 bits per heavy atom. The summed E-state index contributed by atoms with van der Waals surface area (Å²) < 4.78 is 1.88. The van der Waals surface area contributed by atoms with E-state index in [1.165, 1.54) is 16.6 Å². The van der Waals surface area contributed by atoms with Gasteiger partial charge in [-0.2, -0.15) is 5.10 Å². The number of aryl methyl sites for hydroxylation is 3. The first-order chi connectivity index (χ1) is 11.5. The molecule has 0 fully saturated rings. The highest BCUT2D eigenvalue weighted by molar-refractivity contribution is 6.07. The predicted molar refractivity (Wildman–Crippen MR) is 116 cm³/mol. The number of hydrogen-bond donors (Lipinski definition) is 1. The molecule has 3 rings (SSSR count). The number of rotatable bonds is 6. The largest absolute Gasteiger partial charge is 0.384 e. The van der Waals surface area contributed by atoms with E-state index in [9.17, 15) is 0 Å². The molecule has 0 radical (unpaired) electrons. The molecular weight excluding hydrogens is 369 g/mol. The molecule has 0 spiro atoms. The summed E-state index contributed by atoms with van der Waals surface area (Å²) in [4.78, 5) is 7.09. The number of aromatic nitrogens is 3. The maximum atomic E-state index is 4.88. The zero-order chi connectivity index (χ0) is 17.3. The maximum Gasteiger partial charge on any atom is 0.160 e. The molecule has 5 nitrogen and oxygen atoms in total. The van der Waals surface area contributed by atoms with Crippen LogP contribution in [0.1, 0.15) is 24.6 Å². The highest BCUT2D eigenvalue weighted by Crippen LogP contribution is 2.33. The van der Waals surface area contributed by atoms with Crippen LogP contribution < -0.4 is 5.32 Å². The van der Waals surface area contributed by atoms with Gasteiger partial charge in [-0.3, -0.25) is 4.68 Å². The summed E-state index contributed by atoms with van der Waals surface area (Å²) in [7, 11) is 6.18. The first-order valence-electron chi connectivity index (χ1n) is 8.65. The fourth-order valence-electron chi connectivity index (χ4n) is 3.21. The minimum atomic E-state index is 0. The predicted octanol–water partition coefficient (Wildman–Crippen LogP) is 4.20. The van der Waals surface area contributed by atoms with Crippen molar-refractivity contribution in [2.45, 2.75) is 26.7 Å². The van der Waals surface area contributed by atoms with Crippen LogP contribution >= 0.6 is 24.8 Å². The molecule has 0 saturated heterocycles. The Kier molecular flexibility index (Phi) is 8.13. The van der Waals surface area contributed by atoms with Crippen molar-refractivity contribution in [2.75, 3.05) is 32.5 Å². The molecule has 2 aromatic heterocycles. The van der Waals surface area contributed by atoms with Crippen LogP contribution in [0.3, 0.4) is 0 Å². The molecule has 1 N–H and O–H groups in total. The Hall–Kier alpha value is -1.56. The SMILES string of the molecule is CCc1ccc2c(NCCCN(C)C)c3c(C)nn(C)c3nc2c1.Cl.Cl. The molecule has 0 amide bonds. The van der Waals surface area contributed by atoms with Gasteiger partial charge in [0.2, 0.25) is 0 Å². The normalized spacial score (nSPS) is 10.8. The molecule has 0 atom stereocenters. The van der Waals surface area contributed by atoms with Crippen molar-refractivity contribution < 1.29 is 0 Å². The minimum absolute atomic E-state index is 0. The van der Waals surface area contributed by atoms with Crippen LogP contribution in [-0.4, -0.2) is 46.8 Å². The van der Waals surface area contributed by atoms with Crippen molar-refractivity contribution in [3.63, 3.8) is 0 Å². The summed E-state index contributed by atoms with van der Waals surface area (Å²) >= 11 is 0. The fourth-order valence-corrected chi connectivity index (χ4v) is 3.21. The molecule has 0 saturated carbocycles. The van der Waals surface area contributed by atoms with E-state index in [2.05, 4.69) is 61.5 Å². The molecular formula is C19H29Cl2N5. The number of halogens is 2. The zero-order valence-corrected chi connectivity index (χ0v) is 17.8. The molecule has 0 unspecified atom stereocenters. The molecule has 0 aliphatic carbocycles. The Labute approximate surface area is 168 Å². The van der Waals surface area contributed by atoms with Gasteiger partial charge in [-0.25, -0.2) is 4.98 Å². The smallest absolute Gasteiger partial charge is 0.160 e. The third kappa shape index (κ3) is 4.40. The van der Waals surface area contributed by atoms with E-state index in [1.807, 2.05) is 11.7 Å². The summed E-state index contributed by atoms with van der Waals surface area (Å²) in [6.45, 7) is 6.25. The van der Waals surface area contributed by atoms with E-state index < -0.39 is 0 Å². The molecule has 2 heterocycles. The minimum Gasteiger partial charge on any atom is -0.384 e. The topological polar surface area (TPSA) is 46.0 Å². The van der Waals surface area contributed by atoms with Crippen LogP contribution in [0.15, 0.2) is 18.2 Å². The van der Waals surface area contributed by atoms with Crippen LogP contribution in [0.2, 0.25) is 0 Å². The number of benzene rings is 1. The molecule has 0 aliphatic rings. The van der Waals surface area contributed by atoms with E-state index in [-0.39, 0.29) is 24.8 Å². The quantitative estimate of drug-likeness (QED) is 0.633. The highest BCUT2D eigenvalue weighted by atomic mass is 35.5. The molecule has 26 heavy (non-hydrogen) atoms. The molecule has 0 bridgehead atoms. The second-order valence-electron chi connectivity index (χ2n) is 6.68. The van der Waals surface area contributed by atoms with Crippen molar-refractivity contribution in [2.24, 2.45) is 7.05 Å². The zero-order valence-electron chi connectivity index (χ0n) is 16.2. The van der Waals surface area contributed by atoms with Crippen LogP contribution in [0.5, 0.6) is 0 Å². The van der Waals surface area contributed by atoms with Gasteiger partial charge in [0.15, 0.2) is 5.65 Å². The van der Waals surface area contributed by atoms with Gasteiger partial charge in [0.05, 0.1) is 22.3 Å². The van der Waals surface area contributed by atoms with Gasteiger partial charge >= 0.3 is 0 Å². The van der Waals surface area contributed by atoms with Gasteiger partial charge in [0, 0.05) is 19.0 Å². The summed E-state index contributed by atoms with van der Waals surface area (Å²) in [6, 6.07) is 6.59. The van der Waals surface area contributed by atoms with Crippen LogP contribution in [-0.2, 0) is 13.5 Å². The Balaban J connectivity index is 0.00000169. The van der Waals surface area contributed by atoms with Crippen LogP contribution in [0.25, 0.3) is 21.9 Å². The van der Waals surface area contributed by atoms with Crippen molar-refractivity contribution >= 4 is 52.4 Å². The van der Waals surface area contributed by atoms with Gasteiger partial charge in [-0.15, -0.1) is 24.8 Å². The van der Waals surface area contributed by atoms with E-state index >= 15 is 0 Å². The molecule has 1 aromatic carbocycles. The number of anilines is 1. The van der Waals surface area contributed by atoms with Gasteiger partial charge in [0.1, 0.15) is 0 Å². The number of fused-ring (bicyclic) bond motifs is 2. The van der Waals surface area contributed by atoms with E-state index in [0.29, 0.717) is 0 Å². The van der Waals surface area contributed by atoms with Gasteiger partial charge < -0.3 is 10.2 Å². The first kappa shape index (κ1) is 22.5. The third-order valence-corrected chi connectivity index (χ3v) is 4.49. The Morgan fingerprint density at radius 3 is 2.58 bits per heavy atom. The lowest BCUT2D eigenvalue weighted by Gasteiger charge is -2.14. The van der Waals surface area contributed by atoms with Gasteiger partial charge in [0.25, 0.3) is 0 Å². The van der Waals surface area contributed by atoms with Crippen molar-refractivity contribution in [3.05, 3.63) is 29.5 Å². The first-order valence-corrected chi connectivity index (χ1v) is 8.65. The van der Waals surface area contributed by atoms with E-state index in [0.717, 1.165) is 48.2 Å². The molecule has 3 aromatic rings. The summed E-state index contributed by atoms with van der Waals surface area (Å²) in [5.74, 6) is 0. The average molecular weight is 398 g/mol. The highest BCUT2D eigenvalue weighted by Gasteiger charge is 2.15. The van der Waals surface area contributed by atoms with E-state index in [1.54, 1.807) is 0 Å². The Morgan fingerprint density at radius 2 is 1.92 bits per heavy atom. The van der Waals surface area contributed by atoms with Crippen molar-refractivity contribution in [1.82, 2.24) is 19.7 Å². The second-order valence-corrected chi connectivity index (χ2v) is 6.68. The lowest BCUT2D eigenvalue weighted by molar-refractivity contribution is 0.405. The number of nitrogens with one attached hydrogen (secondary N) is 1. The van der Waals surface area contributed by atoms with Crippen LogP contribution in [0, 0.1) is 6.92 Å². The number of pyridine rings is 1. The Bertz CT molecular complexity index is 873. The lowest BCUT2D eigenvalue weighted by atomic mass is 10.1. The van der Waals surface area contributed by atoms with Crippen molar-refractivity contribution in [3.8, 4) is 0 Å². The third-order valence-electron chi connectivity index (χ3n) is 4.49. The number of hydrogen-bond acceptors (Lipinski definition) is 4. The second kappa shape index (κ2) is 9.40. The summed E-state index contributed by atoms with van der Waals surface area (Å²) in [5.41, 5.74) is 5.49. The van der Waals surface area contributed by atoms with Gasteiger partial charge in [-0.05, 0) is 52.0 Å². The summed E-state index contributed by atoms with van der Waals surface area (Å²) in [5, 5.41) is 10.6. The fraction of sp³-hybridized carbons (Fsp3) is 0.474. The number of nitrogens with zero attached hydrogens (tertiary/aromatic N) is 4. The van der Waals surface area contributed by atoms with Gasteiger partial charge in [-0.1, -0.05) is 19.1 Å². The van der Waals surface area contributed by atoms with E-state index in [4.69, 9.17) is 4.98 Å². The standard InChI is InChI=1S/C19H27N5.2ClH/c1-6-14-8-9-15-16(12-14)21-19-17(13(2)22-24(19)5)18(15)20-10-7-11-23(3)4;;/h8-9,12H,6-7,10-11H2,1-5H3,(H,20,21);2*1H.